The molecule has 0 radical (unpaired) electrons. The lowest BCUT2D eigenvalue weighted by molar-refractivity contribution is 0.630. The summed E-state index contributed by atoms with van der Waals surface area (Å²) in [6.07, 6.45) is 0. The molecule has 0 unspecified atom stereocenters. The fourth-order valence-corrected chi connectivity index (χ4v) is 3.12. The molecule has 0 aliphatic heterocycles. The van der Waals surface area contributed by atoms with Gasteiger partial charge >= 0.3 is 0 Å². The van der Waals surface area contributed by atoms with E-state index in [2.05, 4.69) is 20.9 Å². The molecule has 0 saturated carbocycles. The predicted octanol–water partition coefficient (Wildman–Crippen LogP) is 4.45. The third kappa shape index (κ3) is 2.00. The minimum atomic E-state index is -0.250. The van der Waals surface area contributed by atoms with Gasteiger partial charge in [-0.3, -0.25) is 0 Å². The first kappa shape index (κ1) is 11.6. The maximum atomic E-state index is 13.1. The number of fused-ring (bicyclic) bond motifs is 1. The van der Waals surface area contributed by atoms with Gasteiger partial charge in [-0.15, -0.1) is 11.3 Å². The molecule has 0 bridgehead atoms. The maximum Gasteiger partial charge on any atom is 0.126 e. The van der Waals surface area contributed by atoms with E-state index in [9.17, 15) is 4.39 Å². The van der Waals surface area contributed by atoms with Gasteiger partial charge in [0, 0.05) is 15.7 Å². The quantitative estimate of drug-likeness (QED) is 0.672. The lowest BCUT2D eigenvalue weighted by Crippen LogP contribution is -1.89. The smallest absolute Gasteiger partial charge is 0.126 e. The molecule has 0 aliphatic rings. The zero-order valence-electron chi connectivity index (χ0n) is 9.15. The van der Waals surface area contributed by atoms with Crippen molar-refractivity contribution < 1.29 is 4.39 Å². The number of nitrogens with zero attached hydrogens (tertiary/aromatic N) is 1. The molecule has 0 fully saturated rings. The molecule has 0 aliphatic carbocycles. The number of thiazole rings is 1. The number of hydrogen-bond donors (Lipinski definition) is 1. The summed E-state index contributed by atoms with van der Waals surface area (Å²) < 4.78 is 14.9. The van der Waals surface area contributed by atoms with Crippen molar-refractivity contribution in [1.82, 2.24) is 4.98 Å². The van der Waals surface area contributed by atoms with E-state index in [0.717, 1.165) is 25.3 Å². The molecule has 90 valence electrons. The summed E-state index contributed by atoms with van der Waals surface area (Å²) in [5.74, 6) is -0.250. The zero-order valence-corrected chi connectivity index (χ0v) is 11.6. The third-order valence-electron chi connectivity index (χ3n) is 2.60. The normalized spacial score (nSPS) is 11.0. The van der Waals surface area contributed by atoms with Gasteiger partial charge in [0.25, 0.3) is 0 Å². The molecular formula is C13H8BrFN2S. The fraction of sp³-hybridized carbons (Fsp3) is 0. The Kier molecular flexibility index (Phi) is 2.80. The Morgan fingerprint density at radius 1 is 1.17 bits per heavy atom. The molecule has 3 aromatic rings. The minimum absolute atomic E-state index is 0.250. The summed E-state index contributed by atoms with van der Waals surface area (Å²) in [5, 5.41) is 0.800. The van der Waals surface area contributed by atoms with Gasteiger partial charge in [-0.25, -0.2) is 9.37 Å². The standard InChI is InChI=1S/C13H8BrFN2S/c14-7-1-3-10(16)9(5-7)13-17-11-4-2-8(15)6-12(11)18-13/h1-6H,16H2. The van der Waals surface area contributed by atoms with Gasteiger partial charge in [-0.05, 0) is 36.4 Å². The van der Waals surface area contributed by atoms with Crippen LogP contribution in [0.1, 0.15) is 0 Å². The monoisotopic (exact) mass is 322 g/mol. The first-order valence-corrected chi connectivity index (χ1v) is 6.86. The molecule has 1 aromatic heterocycles. The summed E-state index contributed by atoms with van der Waals surface area (Å²) in [4.78, 5) is 4.48. The minimum Gasteiger partial charge on any atom is -0.398 e. The Hall–Kier alpha value is -1.46. The zero-order chi connectivity index (χ0) is 12.7. The molecule has 2 nitrogen and oxygen atoms in total. The molecule has 0 amide bonds. The Labute approximate surface area is 115 Å². The van der Waals surface area contributed by atoms with Crippen molar-refractivity contribution in [3.63, 3.8) is 0 Å². The molecule has 2 aromatic carbocycles. The fourth-order valence-electron chi connectivity index (χ4n) is 1.73. The maximum absolute atomic E-state index is 13.1. The van der Waals surface area contributed by atoms with E-state index < -0.39 is 0 Å². The molecule has 3 rings (SSSR count). The molecular weight excluding hydrogens is 315 g/mol. The topological polar surface area (TPSA) is 38.9 Å². The van der Waals surface area contributed by atoms with Gasteiger partial charge in [0.2, 0.25) is 0 Å². The lowest BCUT2D eigenvalue weighted by Gasteiger charge is -2.01. The Bertz CT molecular complexity index is 739. The van der Waals surface area contributed by atoms with Crippen molar-refractivity contribution in [2.75, 3.05) is 5.73 Å². The number of rotatable bonds is 1. The van der Waals surface area contributed by atoms with Gasteiger partial charge in [0.15, 0.2) is 0 Å². The van der Waals surface area contributed by atoms with Gasteiger partial charge < -0.3 is 5.73 Å². The van der Waals surface area contributed by atoms with E-state index in [4.69, 9.17) is 5.73 Å². The van der Waals surface area contributed by atoms with E-state index >= 15 is 0 Å². The second kappa shape index (κ2) is 4.33. The van der Waals surface area contributed by atoms with E-state index in [1.807, 2.05) is 18.2 Å². The molecule has 0 atom stereocenters. The largest absolute Gasteiger partial charge is 0.398 e. The highest BCUT2D eigenvalue weighted by Gasteiger charge is 2.10. The number of anilines is 1. The van der Waals surface area contributed by atoms with Crippen LogP contribution in [0.5, 0.6) is 0 Å². The van der Waals surface area contributed by atoms with E-state index in [-0.39, 0.29) is 5.82 Å². The van der Waals surface area contributed by atoms with Crippen LogP contribution in [-0.4, -0.2) is 4.98 Å². The van der Waals surface area contributed by atoms with Crippen LogP contribution >= 0.6 is 27.3 Å². The second-order valence-electron chi connectivity index (χ2n) is 3.86. The Balaban J connectivity index is 2.22. The van der Waals surface area contributed by atoms with E-state index in [1.54, 1.807) is 6.07 Å². The average Bonchev–Trinajstić information content (AvgIpc) is 2.74. The predicted molar refractivity (Wildman–Crippen MR) is 77.1 cm³/mol. The van der Waals surface area contributed by atoms with Crippen LogP contribution < -0.4 is 5.73 Å². The summed E-state index contributed by atoms with van der Waals surface area (Å²) in [7, 11) is 0. The molecule has 18 heavy (non-hydrogen) atoms. The summed E-state index contributed by atoms with van der Waals surface area (Å²) in [5.41, 5.74) is 8.26. The molecule has 0 spiro atoms. The van der Waals surface area contributed by atoms with Crippen molar-refractivity contribution >= 4 is 43.2 Å². The summed E-state index contributed by atoms with van der Waals surface area (Å²) in [6, 6.07) is 10.2. The number of benzene rings is 2. The molecule has 0 saturated heterocycles. The molecule has 1 heterocycles. The van der Waals surface area contributed by atoms with Gasteiger partial charge in [-0.2, -0.15) is 0 Å². The summed E-state index contributed by atoms with van der Waals surface area (Å²) in [6.45, 7) is 0. The SMILES string of the molecule is Nc1ccc(Br)cc1-c1nc2ccc(F)cc2s1. The number of aromatic nitrogens is 1. The molecule has 2 N–H and O–H groups in total. The van der Waals surface area contributed by atoms with E-state index in [0.29, 0.717) is 5.69 Å². The second-order valence-corrected chi connectivity index (χ2v) is 5.81. The Morgan fingerprint density at radius 2 is 2.00 bits per heavy atom. The number of halogens is 2. The highest BCUT2D eigenvalue weighted by Crippen LogP contribution is 2.35. The average molecular weight is 323 g/mol. The van der Waals surface area contributed by atoms with Crippen LogP contribution in [0.2, 0.25) is 0 Å². The van der Waals surface area contributed by atoms with Crippen LogP contribution in [0, 0.1) is 5.82 Å². The lowest BCUT2D eigenvalue weighted by atomic mass is 10.2. The summed E-state index contributed by atoms with van der Waals surface area (Å²) >= 11 is 4.85. The first-order chi connectivity index (χ1) is 8.63. The number of nitrogens with two attached hydrogens (primary N) is 1. The van der Waals surface area contributed by atoms with Crippen LogP contribution in [0.3, 0.4) is 0 Å². The van der Waals surface area contributed by atoms with Crippen molar-refractivity contribution in [3.8, 4) is 10.6 Å². The van der Waals surface area contributed by atoms with Gasteiger partial charge in [0.05, 0.1) is 10.2 Å². The third-order valence-corrected chi connectivity index (χ3v) is 4.14. The molecule has 5 heteroatoms. The van der Waals surface area contributed by atoms with E-state index in [1.165, 1.54) is 23.5 Å². The van der Waals surface area contributed by atoms with Gasteiger partial charge in [-0.1, -0.05) is 15.9 Å². The van der Waals surface area contributed by atoms with Crippen molar-refractivity contribution in [2.45, 2.75) is 0 Å². The van der Waals surface area contributed by atoms with Crippen molar-refractivity contribution in [3.05, 3.63) is 46.7 Å². The van der Waals surface area contributed by atoms with Crippen LogP contribution in [-0.2, 0) is 0 Å². The van der Waals surface area contributed by atoms with Crippen LogP contribution in [0.25, 0.3) is 20.8 Å². The van der Waals surface area contributed by atoms with Crippen molar-refractivity contribution in [2.24, 2.45) is 0 Å². The number of hydrogen-bond acceptors (Lipinski definition) is 3. The van der Waals surface area contributed by atoms with Crippen LogP contribution in [0.15, 0.2) is 40.9 Å². The van der Waals surface area contributed by atoms with Crippen LogP contribution in [0.4, 0.5) is 10.1 Å². The highest BCUT2D eigenvalue weighted by molar-refractivity contribution is 9.10. The highest BCUT2D eigenvalue weighted by atomic mass is 79.9. The van der Waals surface area contributed by atoms with Gasteiger partial charge in [0.1, 0.15) is 10.8 Å². The number of nitrogen functional groups attached to an aromatic ring is 1. The Morgan fingerprint density at radius 3 is 2.83 bits per heavy atom. The van der Waals surface area contributed by atoms with Crippen molar-refractivity contribution in [1.29, 1.82) is 0 Å². The first-order valence-electron chi connectivity index (χ1n) is 5.25.